The minimum atomic E-state index is -0.784. The number of likely N-dealkylation sites (tertiary alicyclic amines) is 1. The normalized spacial score (nSPS) is 15.9. The summed E-state index contributed by atoms with van der Waals surface area (Å²) in [7, 11) is 0. The van der Waals surface area contributed by atoms with Gasteiger partial charge < -0.3 is 19.5 Å². The fraction of sp³-hybridized carbons (Fsp3) is 0.372. The van der Waals surface area contributed by atoms with Crippen LogP contribution in [-0.4, -0.2) is 76.2 Å². The molecule has 11 nitrogen and oxygen atoms in total. The Labute approximate surface area is 325 Å². The average Bonchev–Trinajstić information content (AvgIpc) is 3.78. The van der Waals surface area contributed by atoms with Crippen LogP contribution in [0.1, 0.15) is 77.6 Å². The molecule has 55 heavy (non-hydrogen) atoms. The molecule has 2 aliphatic heterocycles. The maximum Gasteiger partial charge on any atom is 0.358 e. The van der Waals surface area contributed by atoms with Crippen LogP contribution in [0.3, 0.4) is 0 Å². The second-order valence-electron chi connectivity index (χ2n) is 15.3. The Bertz CT molecular complexity index is 2200. The minimum Gasteiger partial charge on any atom is -0.493 e. The molecule has 3 aromatic carbocycles. The zero-order valence-corrected chi connectivity index (χ0v) is 32.6. The number of esters is 1. The van der Waals surface area contributed by atoms with Crippen molar-refractivity contribution < 1.29 is 29.0 Å². The highest BCUT2D eigenvalue weighted by Crippen LogP contribution is 2.35. The van der Waals surface area contributed by atoms with Gasteiger partial charge >= 0.3 is 11.9 Å². The van der Waals surface area contributed by atoms with Crippen LogP contribution in [-0.2, 0) is 22.5 Å². The summed E-state index contributed by atoms with van der Waals surface area (Å²) in [5, 5.41) is 12.7. The van der Waals surface area contributed by atoms with Crippen molar-refractivity contribution in [1.29, 1.82) is 0 Å². The number of carbonyl (C=O) groups excluding carboxylic acids is 2. The van der Waals surface area contributed by atoms with Crippen LogP contribution < -0.4 is 15.0 Å². The fourth-order valence-electron chi connectivity index (χ4n) is 7.50. The standard InChI is InChI=1S/C43H47N5O6S/c1-27-30(12-8-15-35(27)53-23-9-10-28-19-21-47(24-28)26-38(49)50)31-17-18-37(45-39(31)41(52)54-43(2,3)4)48-22-20-29-11-7-13-32(33(29)25-48)40(51)46-42-44-34-14-5-6-16-36(34)55-42/h5-8,11-18,28H,9-10,19-26H2,1-4H3,(H,49,50)(H,44,46,51). The largest absolute Gasteiger partial charge is 0.493 e. The van der Waals surface area contributed by atoms with E-state index in [1.807, 2.05) is 99.3 Å². The first-order chi connectivity index (χ1) is 26.4. The van der Waals surface area contributed by atoms with Gasteiger partial charge in [-0.15, -0.1) is 0 Å². The van der Waals surface area contributed by atoms with E-state index in [0.29, 0.717) is 54.1 Å². The summed E-state index contributed by atoms with van der Waals surface area (Å²) in [6, 6.07) is 23.3. The molecule has 4 heterocycles. The van der Waals surface area contributed by atoms with E-state index in [2.05, 4.69) is 21.3 Å². The van der Waals surface area contributed by atoms with Crippen LogP contribution >= 0.6 is 11.3 Å². The van der Waals surface area contributed by atoms with Crippen molar-refractivity contribution in [3.63, 3.8) is 0 Å². The second kappa shape index (κ2) is 16.2. The van der Waals surface area contributed by atoms with Crippen LogP contribution in [0.4, 0.5) is 10.9 Å². The van der Waals surface area contributed by atoms with Gasteiger partial charge in [0.25, 0.3) is 5.91 Å². The molecule has 2 N–H and O–H groups in total. The lowest BCUT2D eigenvalue weighted by molar-refractivity contribution is -0.138. The molecule has 2 aliphatic rings. The number of hydrogen-bond acceptors (Lipinski definition) is 10. The quantitative estimate of drug-likeness (QED) is 0.0952. The lowest BCUT2D eigenvalue weighted by atomic mass is 9.94. The number of fused-ring (bicyclic) bond motifs is 2. The third kappa shape index (κ3) is 8.98. The molecule has 0 aliphatic carbocycles. The number of aromatic nitrogens is 2. The molecule has 0 spiro atoms. The summed E-state index contributed by atoms with van der Waals surface area (Å²) in [4.78, 5) is 52.3. The average molecular weight is 762 g/mol. The summed E-state index contributed by atoms with van der Waals surface area (Å²) in [6.07, 6.45) is 3.55. The number of aliphatic carboxylic acids is 1. The van der Waals surface area contributed by atoms with E-state index in [0.717, 1.165) is 70.6 Å². The molecular weight excluding hydrogens is 715 g/mol. The highest BCUT2D eigenvalue weighted by Gasteiger charge is 2.28. The first-order valence-electron chi connectivity index (χ1n) is 18.9. The lowest BCUT2D eigenvalue weighted by Crippen LogP contribution is -2.33. The van der Waals surface area contributed by atoms with Gasteiger partial charge in [0.15, 0.2) is 10.8 Å². The SMILES string of the molecule is Cc1c(OCCCC2CCN(CC(=O)O)C2)cccc1-c1ccc(N2CCc3cccc(C(=O)Nc4nc5ccccc5s4)c3C2)nc1C(=O)OC(C)(C)C. The van der Waals surface area contributed by atoms with Crippen molar-refractivity contribution in [2.75, 3.05) is 43.0 Å². The smallest absolute Gasteiger partial charge is 0.358 e. The maximum absolute atomic E-state index is 13.9. The number of pyridine rings is 1. The number of nitrogens with zero attached hydrogens (tertiary/aromatic N) is 4. The number of hydrogen-bond donors (Lipinski definition) is 2. The Kier molecular flexibility index (Phi) is 11.2. The zero-order valence-electron chi connectivity index (χ0n) is 31.8. The molecule has 1 fully saturated rings. The molecule has 2 aromatic heterocycles. The van der Waals surface area contributed by atoms with Crippen molar-refractivity contribution in [3.8, 4) is 16.9 Å². The van der Waals surface area contributed by atoms with E-state index in [-0.39, 0.29) is 18.1 Å². The van der Waals surface area contributed by atoms with Gasteiger partial charge in [-0.2, -0.15) is 0 Å². The number of carbonyl (C=O) groups is 3. The van der Waals surface area contributed by atoms with E-state index in [1.165, 1.54) is 11.3 Å². The molecule has 0 saturated carbocycles. The predicted molar refractivity (Wildman–Crippen MR) is 215 cm³/mol. The first kappa shape index (κ1) is 38.0. The van der Waals surface area contributed by atoms with Crippen LogP contribution in [0.25, 0.3) is 21.3 Å². The molecule has 286 valence electrons. The van der Waals surface area contributed by atoms with Crippen molar-refractivity contribution >= 4 is 50.3 Å². The molecule has 7 rings (SSSR count). The first-order valence-corrected chi connectivity index (χ1v) is 19.7. The third-order valence-corrected chi connectivity index (χ3v) is 11.1. The number of carboxylic acid groups (broad SMARTS) is 1. The van der Waals surface area contributed by atoms with E-state index in [4.69, 9.17) is 19.6 Å². The molecule has 12 heteroatoms. The van der Waals surface area contributed by atoms with Crippen molar-refractivity contribution in [2.45, 2.75) is 65.5 Å². The summed E-state index contributed by atoms with van der Waals surface area (Å²) >= 11 is 1.44. The molecule has 1 amide bonds. The number of rotatable bonds is 12. The molecule has 5 aromatic rings. The number of benzene rings is 3. The number of thiazole rings is 1. The summed E-state index contributed by atoms with van der Waals surface area (Å²) < 4.78 is 13.2. The Morgan fingerprint density at radius 3 is 2.58 bits per heavy atom. The van der Waals surface area contributed by atoms with Gasteiger partial charge in [-0.25, -0.2) is 14.8 Å². The predicted octanol–water partition coefficient (Wildman–Crippen LogP) is 8.00. The Hall–Kier alpha value is -5.33. The minimum absolute atomic E-state index is 0.0955. The third-order valence-electron chi connectivity index (χ3n) is 10.1. The Morgan fingerprint density at radius 1 is 0.964 bits per heavy atom. The summed E-state index contributed by atoms with van der Waals surface area (Å²) in [6.45, 7) is 10.9. The number of anilines is 2. The van der Waals surface area contributed by atoms with Gasteiger partial charge in [-0.1, -0.05) is 47.7 Å². The van der Waals surface area contributed by atoms with E-state index < -0.39 is 17.5 Å². The Morgan fingerprint density at radius 2 is 1.78 bits per heavy atom. The molecule has 0 bridgehead atoms. The van der Waals surface area contributed by atoms with E-state index >= 15 is 0 Å². The number of carboxylic acids is 1. The monoisotopic (exact) mass is 761 g/mol. The van der Waals surface area contributed by atoms with Gasteiger partial charge in [0.05, 0.1) is 23.4 Å². The number of nitrogens with one attached hydrogen (secondary N) is 1. The van der Waals surface area contributed by atoms with Gasteiger partial charge in [0, 0.05) is 30.8 Å². The van der Waals surface area contributed by atoms with Crippen LogP contribution in [0, 0.1) is 12.8 Å². The van der Waals surface area contributed by atoms with Crippen LogP contribution in [0.2, 0.25) is 0 Å². The highest BCUT2D eigenvalue weighted by molar-refractivity contribution is 7.22. The number of amides is 1. The molecule has 1 atom stereocenters. The molecular formula is C43H47N5O6S. The molecule has 1 unspecified atom stereocenters. The Balaban J connectivity index is 1.10. The van der Waals surface area contributed by atoms with Gasteiger partial charge in [0.1, 0.15) is 17.2 Å². The van der Waals surface area contributed by atoms with E-state index in [1.54, 1.807) is 0 Å². The van der Waals surface area contributed by atoms with Gasteiger partial charge in [-0.3, -0.25) is 19.8 Å². The van der Waals surface area contributed by atoms with Crippen molar-refractivity contribution in [3.05, 3.63) is 101 Å². The van der Waals surface area contributed by atoms with Crippen molar-refractivity contribution in [1.82, 2.24) is 14.9 Å². The molecule has 1 saturated heterocycles. The van der Waals surface area contributed by atoms with Crippen molar-refractivity contribution in [2.24, 2.45) is 5.92 Å². The van der Waals surface area contributed by atoms with Gasteiger partial charge in [0.2, 0.25) is 0 Å². The topological polar surface area (TPSA) is 134 Å². The zero-order chi connectivity index (χ0) is 38.7. The number of ether oxygens (including phenoxy) is 2. The molecule has 0 radical (unpaired) electrons. The lowest BCUT2D eigenvalue weighted by Gasteiger charge is -2.31. The second-order valence-corrected chi connectivity index (χ2v) is 16.4. The van der Waals surface area contributed by atoms with Gasteiger partial charge in [-0.05, 0) is 124 Å². The van der Waals surface area contributed by atoms with Crippen LogP contribution in [0.15, 0.2) is 72.8 Å². The van der Waals surface area contributed by atoms with Crippen LogP contribution in [0.5, 0.6) is 5.75 Å². The fourth-order valence-corrected chi connectivity index (χ4v) is 8.36. The summed E-state index contributed by atoms with van der Waals surface area (Å²) in [5.41, 5.74) is 5.31. The maximum atomic E-state index is 13.9. The number of para-hydroxylation sites is 1. The highest BCUT2D eigenvalue weighted by atomic mass is 32.1. The summed E-state index contributed by atoms with van der Waals surface area (Å²) in [5.74, 6) is 0.313. The van der Waals surface area contributed by atoms with E-state index in [9.17, 15) is 14.4 Å².